The van der Waals surface area contributed by atoms with E-state index in [0.717, 1.165) is 102 Å². The largest absolute Gasteiger partial charge is 0.472 e. The normalized spacial score (nSPS) is 14.1. The van der Waals surface area contributed by atoms with Gasteiger partial charge in [-0.25, -0.2) is 9.13 Å². The van der Waals surface area contributed by atoms with Crippen LogP contribution in [-0.2, 0) is 65.4 Å². The zero-order valence-corrected chi connectivity index (χ0v) is 60.9. The molecule has 0 aromatic carbocycles. The number of carbonyl (C=O) groups is 4. The average molecular weight is 1340 g/mol. The molecule has 2 unspecified atom stereocenters. The van der Waals surface area contributed by atoms with E-state index < -0.39 is 97.5 Å². The fourth-order valence-corrected chi connectivity index (χ4v) is 12.5. The van der Waals surface area contributed by atoms with Gasteiger partial charge >= 0.3 is 39.5 Å². The van der Waals surface area contributed by atoms with Crippen LogP contribution in [0.25, 0.3) is 0 Å². The topological polar surface area (TPSA) is 237 Å². The van der Waals surface area contributed by atoms with Crippen LogP contribution in [0.4, 0.5) is 0 Å². The molecule has 0 saturated carbocycles. The summed E-state index contributed by atoms with van der Waals surface area (Å²) in [5.74, 6) is -0.563. The minimum Gasteiger partial charge on any atom is -0.462 e. The van der Waals surface area contributed by atoms with Gasteiger partial charge in [-0.05, 0) is 37.5 Å². The summed E-state index contributed by atoms with van der Waals surface area (Å²) in [6.45, 7) is 9.57. The first-order valence-corrected chi connectivity index (χ1v) is 40.5. The monoisotopic (exact) mass is 1340 g/mol. The summed E-state index contributed by atoms with van der Waals surface area (Å²) >= 11 is 0. The Bertz CT molecular complexity index is 1770. The third-order valence-corrected chi connectivity index (χ3v) is 18.6. The number of phosphoric ester groups is 2. The molecule has 0 bridgehead atoms. The fraction of sp³-hybridized carbons (Fsp3) is 0.944. The van der Waals surface area contributed by atoms with Crippen molar-refractivity contribution in [2.45, 2.75) is 387 Å². The number of hydrogen-bond acceptors (Lipinski definition) is 15. The first kappa shape index (κ1) is 89.1. The molecule has 0 rings (SSSR count). The molecule has 19 heteroatoms. The molecular formula is C72H140O17P2. The SMILES string of the molecule is CCCCCCCCCCCCCCC(=O)O[C@H](COC(=O)CCCCCCCCCCC)COP(=O)(O)OC[C@H](O)COP(=O)(O)OC[C@@H](COC(=O)CCCCCCCCCCCCCC(C)C)OC(=O)CCCCCCCCCCCCCCCC(C)C. The van der Waals surface area contributed by atoms with Gasteiger partial charge in [0.2, 0.25) is 0 Å². The van der Waals surface area contributed by atoms with Crippen molar-refractivity contribution in [3.63, 3.8) is 0 Å². The number of esters is 4. The smallest absolute Gasteiger partial charge is 0.462 e. The molecule has 0 spiro atoms. The van der Waals surface area contributed by atoms with Crippen molar-refractivity contribution in [3.05, 3.63) is 0 Å². The molecule has 0 fully saturated rings. The van der Waals surface area contributed by atoms with Gasteiger partial charge in [0.25, 0.3) is 0 Å². The third kappa shape index (κ3) is 66.5. The molecule has 540 valence electrons. The van der Waals surface area contributed by atoms with Crippen LogP contribution in [0.15, 0.2) is 0 Å². The van der Waals surface area contributed by atoms with E-state index in [-0.39, 0.29) is 25.7 Å². The maximum atomic E-state index is 13.0. The van der Waals surface area contributed by atoms with Crippen LogP contribution >= 0.6 is 15.6 Å². The van der Waals surface area contributed by atoms with Crippen molar-refractivity contribution in [2.75, 3.05) is 39.6 Å². The van der Waals surface area contributed by atoms with E-state index in [1.54, 1.807) is 0 Å². The number of aliphatic hydroxyl groups excluding tert-OH is 1. The Labute approximate surface area is 556 Å². The lowest BCUT2D eigenvalue weighted by Crippen LogP contribution is -2.30. The first-order chi connectivity index (χ1) is 43.9. The van der Waals surface area contributed by atoms with Crippen molar-refractivity contribution >= 4 is 39.5 Å². The van der Waals surface area contributed by atoms with Crippen molar-refractivity contribution in [1.29, 1.82) is 0 Å². The summed E-state index contributed by atoms with van der Waals surface area (Å²) in [4.78, 5) is 72.6. The van der Waals surface area contributed by atoms with Crippen LogP contribution in [-0.4, -0.2) is 96.7 Å². The van der Waals surface area contributed by atoms with Crippen molar-refractivity contribution in [1.82, 2.24) is 0 Å². The van der Waals surface area contributed by atoms with Crippen LogP contribution in [0.1, 0.15) is 369 Å². The van der Waals surface area contributed by atoms with Crippen molar-refractivity contribution in [3.8, 4) is 0 Å². The Morgan fingerprint density at radius 3 is 0.747 bits per heavy atom. The molecular weight excluding hydrogens is 1200 g/mol. The highest BCUT2D eigenvalue weighted by molar-refractivity contribution is 7.47. The molecule has 3 N–H and O–H groups in total. The molecule has 0 amide bonds. The molecule has 0 radical (unpaired) electrons. The lowest BCUT2D eigenvalue weighted by molar-refractivity contribution is -0.161. The number of aliphatic hydroxyl groups is 1. The summed E-state index contributed by atoms with van der Waals surface area (Å²) in [7, 11) is -9.90. The van der Waals surface area contributed by atoms with E-state index in [1.165, 1.54) is 186 Å². The second-order valence-corrected chi connectivity index (χ2v) is 29.8. The molecule has 0 heterocycles. The van der Waals surface area contributed by atoms with Gasteiger partial charge in [-0.2, -0.15) is 0 Å². The Balaban J connectivity index is 5.24. The zero-order chi connectivity index (χ0) is 67.2. The Hall–Kier alpha value is -1.94. The average Bonchev–Trinajstić information content (AvgIpc) is 2.25. The van der Waals surface area contributed by atoms with E-state index in [4.69, 9.17) is 37.0 Å². The highest BCUT2D eigenvalue weighted by Gasteiger charge is 2.30. The maximum absolute atomic E-state index is 13.0. The zero-order valence-electron chi connectivity index (χ0n) is 59.1. The van der Waals surface area contributed by atoms with Crippen LogP contribution in [0.3, 0.4) is 0 Å². The van der Waals surface area contributed by atoms with E-state index >= 15 is 0 Å². The molecule has 17 nitrogen and oxygen atoms in total. The highest BCUT2D eigenvalue weighted by atomic mass is 31.2. The number of phosphoric acid groups is 2. The van der Waals surface area contributed by atoms with E-state index in [9.17, 15) is 43.2 Å². The number of hydrogen-bond donors (Lipinski definition) is 3. The van der Waals surface area contributed by atoms with Crippen LogP contribution in [0, 0.1) is 11.8 Å². The van der Waals surface area contributed by atoms with Gasteiger partial charge in [0.15, 0.2) is 12.2 Å². The minimum absolute atomic E-state index is 0.107. The predicted octanol–water partition coefficient (Wildman–Crippen LogP) is 20.8. The van der Waals surface area contributed by atoms with Crippen LogP contribution in [0.5, 0.6) is 0 Å². The fourth-order valence-electron chi connectivity index (χ4n) is 10.9. The van der Waals surface area contributed by atoms with Crippen molar-refractivity contribution in [2.24, 2.45) is 11.8 Å². The Kier molecular flexibility index (Phi) is 62.7. The number of unbranched alkanes of at least 4 members (excludes halogenated alkanes) is 41. The number of carbonyl (C=O) groups excluding carboxylic acids is 4. The van der Waals surface area contributed by atoms with Crippen LogP contribution in [0.2, 0.25) is 0 Å². The Morgan fingerprint density at radius 2 is 0.505 bits per heavy atom. The Morgan fingerprint density at radius 1 is 0.297 bits per heavy atom. The maximum Gasteiger partial charge on any atom is 0.472 e. The van der Waals surface area contributed by atoms with Crippen LogP contribution < -0.4 is 0 Å². The molecule has 0 aromatic heterocycles. The van der Waals surface area contributed by atoms with Gasteiger partial charge in [0, 0.05) is 25.7 Å². The molecule has 0 aliphatic heterocycles. The first-order valence-electron chi connectivity index (χ1n) is 37.5. The number of rotatable bonds is 71. The standard InChI is InChI=1S/C72H140O17P2/c1-7-9-11-13-15-17-18-25-32-38-44-50-56-71(76)88-67(60-82-69(74)54-48-42-36-28-16-14-12-10-8-2)62-86-90(78,79)84-58-66(73)59-85-91(80,81)87-63-68(61-83-70(75)55-49-43-37-31-27-22-24-30-35-41-47-53-65(5)6)89-72(77)57-51-45-39-33-26-21-19-20-23-29-34-40-46-52-64(3)4/h64-68,73H,7-63H2,1-6H3,(H,78,79)(H,80,81)/t66-,67+,68+/m0/s1. The molecule has 91 heavy (non-hydrogen) atoms. The van der Waals surface area contributed by atoms with E-state index in [0.29, 0.717) is 25.7 Å². The second-order valence-electron chi connectivity index (χ2n) is 26.9. The van der Waals surface area contributed by atoms with Gasteiger partial charge in [-0.3, -0.25) is 37.3 Å². The molecule has 0 aliphatic carbocycles. The summed E-state index contributed by atoms with van der Waals surface area (Å²) in [6.07, 6.45) is 49.8. The van der Waals surface area contributed by atoms with Crippen molar-refractivity contribution < 1.29 is 80.2 Å². The van der Waals surface area contributed by atoms with E-state index in [2.05, 4.69) is 41.5 Å². The number of ether oxygens (including phenoxy) is 4. The van der Waals surface area contributed by atoms with Gasteiger partial charge in [-0.1, -0.05) is 318 Å². The molecule has 0 saturated heterocycles. The minimum atomic E-state index is -4.95. The summed E-state index contributed by atoms with van der Waals surface area (Å²) in [5, 5.41) is 10.6. The lowest BCUT2D eigenvalue weighted by Gasteiger charge is -2.21. The predicted molar refractivity (Wildman–Crippen MR) is 368 cm³/mol. The summed E-state index contributed by atoms with van der Waals surface area (Å²) < 4.78 is 68.3. The third-order valence-electron chi connectivity index (χ3n) is 16.7. The molecule has 5 atom stereocenters. The van der Waals surface area contributed by atoms with Gasteiger partial charge in [-0.15, -0.1) is 0 Å². The highest BCUT2D eigenvalue weighted by Crippen LogP contribution is 2.45. The molecule has 0 aliphatic rings. The van der Waals surface area contributed by atoms with E-state index in [1.807, 2.05) is 0 Å². The van der Waals surface area contributed by atoms with Gasteiger partial charge in [0.05, 0.1) is 26.4 Å². The summed E-state index contributed by atoms with van der Waals surface area (Å²) in [6, 6.07) is 0. The summed E-state index contributed by atoms with van der Waals surface area (Å²) in [5.41, 5.74) is 0. The van der Waals surface area contributed by atoms with Gasteiger partial charge in [0.1, 0.15) is 19.3 Å². The van der Waals surface area contributed by atoms with Gasteiger partial charge < -0.3 is 33.8 Å². The quantitative estimate of drug-likeness (QED) is 0.0222. The molecule has 0 aromatic rings. The lowest BCUT2D eigenvalue weighted by atomic mass is 10.0. The second kappa shape index (κ2) is 64.1.